The van der Waals surface area contributed by atoms with Crippen LogP contribution >= 0.6 is 0 Å². The summed E-state index contributed by atoms with van der Waals surface area (Å²) in [5, 5.41) is 2.25. The first-order valence-electron chi connectivity index (χ1n) is 7.70. The molecule has 1 atom stereocenters. The van der Waals surface area contributed by atoms with Gasteiger partial charge in [-0.3, -0.25) is 4.79 Å². The van der Waals surface area contributed by atoms with Crippen LogP contribution in [-0.4, -0.2) is 31.2 Å². The van der Waals surface area contributed by atoms with Gasteiger partial charge in [0.05, 0.1) is 0 Å². The smallest absolute Gasteiger partial charge is 0.272 e. The van der Waals surface area contributed by atoms with Gasteiger partial charge < -0.3 is 0 Å². The molecule has 0 radical (unpaired) electrons. The van der Waals surface area contributed by atoms with Crippen LogP contribution in [0.2, 0.25) is 0 Å². The minimum absolute atomic E-state index is 0.0667. The van der Waals surface area contributed by atoms with Crippen LogP contribution < -0.4 is 4.72 Å². The van der Waals surface area contributed by atoms with Crippen molar-refractivity contribution in [2.24, 2.45) is 5.92 Å². The van der Waals surface area contributed by atoms with Crippen LogP contribution in [0.15, 0.2) is 42.5 Å². The zero-order valence-corrected chi connectivity index (χ0v) is 14.0. The van der Waals surface area contributed by atoms with E-state index >= 15 is 0 Å². The van der Waals surface area contributed by atoms with Crippen molar-refractivity contribution in [3.05, 3.63) is 48.0 Å². The van der Waals surface area contributed by atoms with E-state index in [4.69, 9.17) is 0 Å². The minimum atomic E-state index is -3.71. The van der Waals surface area contributed by atoms with E-state index in [0.717, 1.165) is 20.6 Å². The summed E-state index contributed by atoms with van der Waals surface area (Å²) in [6.45, 7) is 3.82. The molecule has 1 fully saturated rings. The molecule has 1 heterocycles. The highest BCUT2D eigenvalue weighted by Gasteiger charge is 2.43. The average molecular weight is 332 g/mol. The Morgan fingerprint density at radius 2 is 1.83 bits per heavy atom. The molecule has 0 aliphatic carbocycles. The first kappa shape index (κ1) is 16.0. The van der Waals surface area contributed by atoms with Crippen LogP contribution in [0.3, 0.4) is 0 Å². The molecule has 1 aliphatic heterocycles. The lowest BCUT2D eigenvalue weighted by Gasteiger charge is -2.15. The van der Waals surface area contributed by atoms with Gasteiger partial charge in [-0.15, -0.1) is 0 Å². The molecule has 2 aromatic carbocycles. The van der Waals surface area contributed by atoms with Gasteiger partial charge in [0.2, 0.25) is 0 Å². The molecule has 122 valence electrons. The lowest BCUT2D eigenvalue weighted by molar-refractivity contribution is -0.127. The van der Waals surface area contributed by atoms with Gasteiger partial charge in [0.1, 0.15) is 6.04 Å². The first-order chi connectivity index (χ1) is 10.9. The van der Waals surface area contributed by atoms with E-state index in [0.29, 0.717) is 6.42 Å². The van der Waals surface area contributed by atoms with E-state index < -0.39 is 16.3 Å². The van der Waals surface area contributed by atoms with Crippen molar-refractivity contribution in [2.75, 3.05) is 6.54 Å². The molecule has 1 aliphatic rings. The number of hydrogen-bond donors (Lipinski definition) is 1. The summed E-state index contributed by atoms with van der Waals surface area (Å²) in [5.74, 6) is -0.427. The molecule has 3 rings (SSSR count). The zero-order valence-electron chi connectivity index (χ0n) is 13.2. The maximum atomic E-state index is 12.3. The van der Waals surface area contributed by atoms with Crippen LogP contribution in [0, 0.1) is 5.92 Å². The quantitative estimate of drug-likeness (QED) is 0.932. The Bertz CT molecular complexity index is 846. The van der Waals surface area contributed by atoms with Crippen molar-refractivity contribution in [3.8, 4) is 0 Å². The Balaban J connectivity index is 1.77. The second kappa shape index (κ2) is 5.94. The number of nitrogens with one attached hydrogen (secondary N) is 1. The number of benzene rings is 2. The predicted molar refractivity (Wildman–Crippen MR) is 90.0 cm³/mol. The van der Waals surface area contributed by atoms with Gasteiger partial charge in [-0.05, 0) is 28.7 Å². The summed E-state index contributed by atoms with van der Waals surface area (Å²) < 4.78 is 27.6. The van der Waals surface area contributed by atoms with Crippen LogP contribution in [0.1, 0.15) is 19.4 Å². The number of amides is 1. The highest BCUT2D eigenvalue weighted by Crippen LogP contribution is 2.20. The van der Waals surface area contributed by atoms with Crippen molar-refractivity contribution in [1.29, 1.82) is 0 Å². The lowest BCUT2D eigenvalue weighted by Crippen LogP contribution is -2.35. The molecule has 1 saturated heterocycles. The van der Waals surface area contributed by atoms with Gasteiger partial charge in [-0.2, -0.15) is 13.1 Å². The largest absolute Gasteiger partial charge is 0.304 e. The van der Waals surface area contributed by atoms with E-state index in [1.807, 2.05) is 56.3 Å². The molecular formula is C17H20N2O3S. The van der Waals surface area contributed by atoms with Crippen molar-refractivity contribution in [2.45, 2.75) is 26.3 Å². The average Bonchev–Trinajstić information content (AvgIpc) is 2.75. The summed E-state index contributed by atoms with van der Waals surface area (Å²) in [6.07, 6.45) is 0.502. The van der Waals surface area contributed by atoms with Crippen LogP contribution in [-0.2, 0) is 21.4 Å². The topological polar surface area (TPSA) is 66.5 Å². The van der Waals surface area contributed by atoms with Crippen LogP contribution in [0.5, 0.6) is 0 Å². The van der Waals surface area contributed by atoms with Crippen LogP contribution in [0.25, 0.3) is 10.8 Å². The number of fused-ring (bicyclic) bond motifs is 1. The van der Waals surface area contributed by atoms with E-state index in [-0.39, 0.29) is 18.4 Å². The third-order valence-electron chi connectivity index (χ3n) is 4.16. The highest BCUT2D eigenvalue weighted by atomic mass is 32.2. The van der Waals surface area contributed by atoms with Crippen molar-refractivity contribution >= 4 is 26.9 Å². The normalized spacial score (nSPS) is 20.6. The summed E-state index contributed by atoms with van der Waals surface area (Å²) in [6, 6.07) is 13.4. The fourth-order valence-corrected chi connectivity index (χ4v) is 4.33. The molecule has 6 heteroatoms. The standard InChI is InChI=1S/C17H20N2O3S/c1-12(2)16-17(20)19(23(21,22)18-16)10-9-13-7-8-14-5-3-4-6-15(14)11-13/h3-8,11-12,16,18H,9-10H2,1-2H3/t16-/m0/s1. The second-order valence-corrected chi connectivity index (χ2v) is 7.81. The monoisotopic (exact) mass is 332 g/mol. The van der Waals surface area contributed by atoms with E-state index in [1.165, 1.54) is 0 Å². The second-order valence-electron chi connectivity index (χ2n) is 6.19. The fraction of sp³-hybridized carbons (Fsp3) is 0.353. The number of carbonyl (C=O) groups is 1. The number of rotatable bonds is 4. The molecule has 5 nitrogen and oxygen atoms in total. The lowest BCUT2D eigenvalue weighted by atomic mass is 10.0. The number of carbonyl (C=O) groups excluding carboxylic acids is 1. The Morgan fingerprint density at radius 1 is 1.13 bits per heavy atom. The molecule has 1 amide bonds. The molecule has 23 heavy (non-hydrogen) atoms. The van der Waals surface area contributed by atoms with E-state index in [1.54, 1.807) is 0 Å². The first-order valence-corrected chi connectivity index (χ1v) is 9.14. The van der Waals surface area contributed by atoms with E-state index in [9.17, 15) is 13.2 Å². The van der Waals surface area contributed by atoms with Gasteiger partial charge >= 0.3 is 10.2 Å². The Kier molecular flexibility index (Phi) is 4.12. The molecule has 0 spiro atoms. The molecule has 0 bridgehead atoms. The summed E-state index contributed by atoms with van der Waals surface area (Å²) in [4.78, 5) is 12.3. The maximum Gasteiger partial charge on any atom is 0.304 e. The summed E-state index contributed by atoms with van der Waals surface area (Å²) >= 11 is 0. The van der Waals surface area contributed by atoms with Crippen LogP contribution in [0.4, 0.5) is 0 Å². The van der Waals surface area contributed by atoms with Gasteiger partial charge in [0.15, 0.2) is 0 Å². The molecule has 1 N–H and O–H groups in total. The van der Waals surface area contributed by atoms with Gasteiger partial charge in [-0.1, -0.05) is 56.3 Å². The molecular weight excluding hydrogens is 312 g/mol. The Labute approximate surface area is 136 Å². The number of hydrogen-bond acceptors (Lipinski definition) is 3. The maximum absolute atomic E-state index is 12.3. The van der Waals surface area contributed by atoms with E-state index in [2.05, 4.69) is 4.72 Å². The highest BCUT2D eigenvalue weighted by molar-refractivity contribution is 7.88. The number of nitrogens with zero attached hydrogens (tertiary/aromatic N) is 1. The predicted octanol–water partition coefficient (Wildman–Crippen LogP) is 2.08. The molecule has 0 unspecified atom stereocenters. The Hall–Kier alpha value is -1.92. The summed E-state index contributed by atoms with van der Waals surface area (Å²) in [7, 11) is -3.71. The van der Waals surface area contributed by atoms with Crippen molar-refractivity contribution in [1.82, 2.24) is 9.03 Å². The zero-order chi connectivity index (χ0) is 16.6. The molecule has 0 aromatic heterocycles. The third-order valence-corrected chi connectivity index (χ3v) is 5.66. The van der Waals surface area contributed by atoms with Gasteiger partial charge in [0, 0.05) is 6.54 Å². The summed E-state index contributed by atoms with van der Waals surface area (Å²) in [5.41, 5.74) is 1.01. The minimum Gasteiger partial charge on any atom is -0.272 e. The van der Waals surface area contributed by atoms with Crippen molar-refractivity contribution in [3.63, 3.8) is 0 Å². The van der Waals surface area contributed by atoms with Crippen molar-refractivity contribution < 1.29 is 13.2 Å². The van der Waals surface area contributed by atoms with Gasteiger partial charge in [0.25, 0.3) is 5.91 Å². The SMILES string of the molecule is CC(C)[C@@H]1NS(=O)(=O)N(CCc2ccc3ccccc3c2)C1=O. The Morgan fingerprint density at radius 3 is 2.48 bits per heavy atom. The molecule has 2 aromatic rings. The third kappa shape index (κ3) is 3.09. The fourth-order valence-electron chi connectivity index (χ4n) is 2.82. The van der Waals surface area contributed by atoms with Gasteiger partial charge in [-0.25, -0.2) is 4.31 Å². The molecule has 0 saturated carbocycles.